The molecule has 1 heterocycles. The van der Waals surface area contributed by atoms with E-state index >= 15 is 0 Å². The highest BCUT2D eigenvalue weighted by Crippen LogP contribution is 2.39. The molecule has 0 bridgehead atoms. The summed E-state index contributed by atoms with van der Waals surface area (Å²) in [6.07, 6.45) is -0.994. The van der Waals surface area contributed by atoms with E-state index < -0.39 is 28.2 Å². The van der Waals surface area contributed by atoms with Crippen LogP contribution in [0.2, 0.25) is 5.02 Å². The van der Waals surface area contributed by atoms with E-state index in [1.54, 1.807) is 6.08 Å². The highest BCUT2D eigenvalue weighted by molar-refractivity contribution is 6.31. The van der Waals surface area contributed by atoms with Crippen molar-refractivity contribution in [3.63, 3.8) is 0 Å². The summed E-state index contributed by atoms with van der Waals surface area (Å²) in [5, 5.41) is 10.5. The molecule has 160 valence electrons. The van der Waals surface area contributed by atoms with Gasteiger partial charge in [0.25, 0.3) is 0 Å². The van der Waals surface area contributed by atoms with E-state index in [2.05, 4.69) is 0 Å². The SMILES string of the molecule is O=C(C=CCN1CCC(O)(c2ccc(Cl)c(C(F)(F)F)c2)CC1)c1ccc(F)cc1. The summed E-state index contributed by atoms with van der Waals surface area (Å²) in [4.78, 5) is 14.0. The standard InChI is InChI=1S/C22H20ClF4NO2/c23-19-8-5-16(14-18(19)22(25,26)27)21(30)9-12-28(13-10-21)11-1-2-20(29)15-3-6-17(24)7-4-15/h1-8,14,30H,9-13H2. The summed E-state index contributed by atoms with van der Waals surface area (Å²) in [7, 11) is 0. The zero-order chi connectivity index (χ0) is 21.9. The molecule has 1 N–H and O–H groups in total. The van der Waals surface area contributed by atoms with Crippen molar-refractivity contribution in [1.29, 1.82) is 0 Å². The lowest BCUT2D eigenvalue weighted by Crippen LogP contribution is -2.42. The number of carbonyl (C=O) groups excluding carboxylic acids is 1. The number of hydrogen-bond donors (Lipinski definition) is 1. The second-order valence-electron chi connectivity index (χ2n) is 7.30. The van der Waals surface area contributed by atoms with Gasteiger partial charge in [0.1, 0.15) is 5.82 Å². The number of alkyl halides is 3. The zero-order valence-corrected chi connectivity index (χ0v) is 16.7. The van der Waals surface area contributed by atoms with Gasteiger partial charge in [-0.25, -0.2) is 4.39 Å². The third-order valence-electron chi connectivity index (χ3n) is 5.25. The molecule has 2 aromatic rings. The fourth-order valence-electron chi connectivity index (χ4n) is 3.45. The van der Waals surface area contributed by atoms with Crippen LogP contribution in [0.3, 0.4) is 0 Å². The molecule has 1 fully saturated rings. The number of hydrogen-bond acceptors (Lipinski definition) is 3. The van der Waals surface area contributed by atoms with Gasteiger partial charge < -0.3 is 5.11 Å². The summed E-state index contributed by atoms with van der Waals surface area (Å²) in [5.41, 5.74) is -1.75. The van der Waals surface area contributed by atoms with Gasteiger partial charge in [-0.05, 0) is 60.9 Å². The maximum Gasteiger partial charge on any atom is 0.417 e. The second-order valence-corrected chi connectivity index (χ2v) is 7.71. The normalized spacial score (nSPS) is 17.4. The highest BCUT2D eigenvalue weighted by atomic mass is 35.5. The fourth-order valence-corrected chi connectivity index (χ4v) is 3.67. The van der Waals surface area contributed by atoms with Gasteiger partial charge >= 0.3 is 6.18 Å². The lowest BCUT2D eigenvalue weighted by molar-refractivity contribution is -0.137. The monoisotopic (exact) mass is 441 g/mol. The van der Waals surface area contributed by atoms with E-state index in [9.17, 15) is 27.5 Å². The summed E-state index contributed by atoms with van der Waals surface area (Å²) in [5.74, 6) is -0.663. The molecule has 0 spiro atoms. The molecule has 2 aromatic carbocycles. The number of benzene rings is 2. The molecular formula is C22H20ClF4NO2. The zero-order valence-electron chi connectivity index (χ0n) is 15.9. The molecular weight excluding hydrogens is 422 g/mol. The molecule has 3 nitrogen and oxygen atoms in total. The van der Waals surface area contributed by atoms with Gasteiger partial charge in [0.15, 0.2) is 5.78 Å². The predicted molar refractivity (Wildman–Crippen MR) is 106 cm³/mol. The number of rotatable bonds is 5. The van der Waals surface area contributed by atoms with Crippen LogP contribution in [0, 0.1) is 5.82 Å². The number of carbonyl (C=O) groups is 1. The van der Waals surface area contributed by atoms with Crippen LogP contribution in [0.4, 0.5) is 17.6 Å². The lowest BCUT2D eigenvalue weighted by atomic mass is 9.83. The van der Waals surface area contributed by atoms with Crippen LogP contribution in [0.5, 0.6) is 0 Å². The van der Waals surface area contributed by atoms with E-state index in [-0.39, 0.29) is 24.2 Å². The fraction of sp³-hybridized carbons (Fsp3) is 0.318. The molecule has 0 radical (unpaired) electrons. The molecule has 1 saturated heterocycles. The molecule has 0 unspecified atom stereocenters. The van der Waals surface area contributed by atoms with Crippen LogP contribution in [-0.4, -0.2) is 35.4 Å². The van der Waals surface area contributed by atoms with E-state index in [0.29, 0.717) is 25.2 Å². The third kappa shape index (κ3) is 5.28. The van der Waals surface area contributed by atoms with Crippen molar-refractivity contribution < 1.29 is 27.5 Å². The number of likely N-dealkylation sites (tertiary alicyclic amines) is 1. The first-order valence-electron chi connectivity index (χ1n) is 9.37. The van der Waals surface area contributed by atoms with Crippen molar-refractivity contribution in [2.45, 2.75) is 24.6 Å². The second kappa shape index (κ2) is 8.88. The number of halogens is 5. The van der Waals surface area contributed by atoms with Gasteiger partial charge in [0.2, 0.25) is 0 Å². The van der Waals surface area contributed by atoms with Crippen molar-refractivity contribution >= 4 is 17.4 Å². The number of ketones is 1. The molecule has 1 aliphatic rings. The molecule has 30 heavy (non-hydrogen) atoms. The van der Waals surface area contributed by atoms with Crippen LogP contribution in [-0.2, 0) is 11.8 Å². The van der Waals surface area contributed by atoms with Crippen LogP contribution in [0.25, 0.3) is 0 Å². The first-order chi connectivity index (χ1) is 14.1. The van der Waals surface area contributed by atoms with Crippen molar-refractivity contribution in [2.24, 2.45) is 0 Å². The Kier molecular flexibility index (Phi) is 6.65. The summed E-state index contributed by atoms with van der Waals surface area (Å²) >= 11 is 5.66. The number of aliphatic hydroxyl groups is 1. The molecule has 8 heteroatoms. The van der Waals surface area contributed by atoms with E-state index in [1.165, 1.54) is 36.4 Å². The average molecular weight is 442 g/mol. The maximum atomic E-state index is 13.1. The van der Waals surface area contributed by atoms with Crippen molar-refractivity contribution in [3.05, 3.63) is 82.1 Å². The Hall–Kier alpha value is -2.22. The van der Waals surface area contributed by atoms with Gasteiger partial charge in [-0.3, -0.25) is 9.69 Å². The Morgan fingerprint density at radius 3 is 2.37 bits per heavy atom. The number of piperidine rings is 1. The van der Waals surface area contributed by atoms with E-state index in [0.717, 1.165) is 12.1 Å². The molecule has 3 rings (SSSR count). The highest BCUT2D eigenvalue weighted by Gasteiger charge is 2.38. The maximum absolute atomic E-state index is 13.1. The quantitative estimate of drug-likeness (QED) is 0.393. The first kappa shape index (κ1) is 22.5. The Bertz CT molecular complexity index is 933. The predicted octanol–water partition coefficient (Wildman–Crippen LogP) is 5.22. The van der Waals surface area contributed by atoms with Gasteiger partial charge in [0, 0.05) is 25.2 Å². The third-order valence-corrected chi connectivity index (χ3v) is 5.58. The van der Waals surface area contributed by atoms with Crippen LogP contribution >= 0.6 is 11.6 Å². The molecule has 0 saturated carbocycles. The Morgan fingerprint density at radius 1 is 1.13 bits per heavy atom. The summed E-state index contributed by atoms with van der Waals surface area (Å²) < 4.78 is 52.2. The van der Waals surface area contributed by atoms with Crippen LogP contribution in [0.1, 0.15) is 34.3 Å². The van der Waals surface area contributed by atoms with E-state index in [1.807, 2.05) is 4.90 Å². The van der Waals surface area contributed by atoms with Crippen molar-refractivity contribution in [2.75, 3.05) is 19.6 Å². The van der Waals surface area contributed by atoms with Gasteiger partial charge in [0.05, 0.1) is 16.2 Å². The smallest absolute Gasteiger partial charge is 0.385 e. The molecule has 0 aromatic heterocycles. The van der Waals surface area contributed by atoms with Crippen molar-refractivity contribution in [1.82, 2.24) is 4.90 Å². The Balaban J connectivity index is 1.59. The van der Waals surface area contributed by atoms with Gasteiger partial charge in [-0.2, -0.15) is 13.2 Å². The Morgan fingerprint density at radius 2 is 1.77 bits per heavy atom. The largest absolute Gasteiger partial charge is 0.417 e. The minimum Gasteiger partial charge on any atom is -0.385 e. The van der Waals surface area contributed by atoms with Crippen LogP contribution in [0.15, 0.2) is 54.6 Å². The molecule has 0 atom stereocenters. The summed E-state index contributed by atoms with van der Waals surface area (Å²) in [6.45, 7) is 1.36. The Labute approximate surface area is 176 Å². The lowest BCUT2D eigenvalue weighted by Gasteiger charge is -2.38. The van der Waals surface area contributed by atoms with Crippen LogP contribution < -0.4 is 0 Å². The minimum atomic E-state index is -4.59. The van der Waals surface area contributed by atoms with Crippen molar-refractivity contribution in [3.8, 4) is 0 Å². The topological polar surface area (TPSA) is 40.5 Å². The number of allylic oxidation sites excluding steroid dienone is 1. The molecule has 0 amide bonds. The average Bonchev–Trinajstić information content (AvgIpc) is 2.69. The van der Waals surface area contributed by atoms with Gasteiger partial charge in [-0.1, -0.05) is 23.7 Å². The first-order valence-corrected chi connectivity index (χ1v) is 9.75. The molecule has 0 aliphatic carbocycles. The molecule has 1 aliphatic heterocycles. The minimum absolute atomic E-state index is 0.195. The van der Waals surface area contributed by atoms with E-state index in [4.69, 9.17) is 11.6 Å². The number of nitrogens with zero attached hydrogens (tertiary/aromatic N) is 1. The summed E-state index contributed by atoms with van der Waals surface area (Å²) in [6, 6.07) is 8.75. The van der Waals surface area contributed by atoms with Gasteiger partial charge in [-0.15, -0.1) is 0 Å².